The first kappa shape index (κ1) is 22.0. The van der Waals surface area contributed by atoms with Crippen LogP contribution in [0.5, 0.6) is 0 Å². The molecular formula is C23H31N7O2. The lowest BCUT2D eigenvalue weighted by Crippen LogP contribution is -2.38. The van der Waals surface area contributed by atoms with E-state index in [4.69, 9.17) is 9.51 Å². The van der Waals surface area contributed by atoms with Crippen LogP contribution < -0.4 is 5.32 Å². The van der Waals surface area contributed by atoms with Gasteiger partial charge < -0.3 is 14.7 Å². The van der Waals surface area contributed by atoms with Crippen molar-refractivity contribution < 1.29 is 9.32 Å². The van der Waals surface area contributed by atoms with Gasteiger partial charge in [0.15, 0.2) is 5.76 Å². The Kier molecular flexibility index (Phi) is 6.25. The zero-order valence-corrected chi connectivity index (χ0v) is 19.3. The Morgan fingerprint density at radius 2 is 1.97 bits per heavy atom. The third kappa shape index (κ3) is 4.66. The van der Waals surface area contributed by atoms with E-state index in [0.29, 0.717) is 36.4 Å². The van der Waals surface area contributed by atoms with E-state index in [1.807, 2.05) is 30.2 Å². The Morgan fingerprint density at radius 1 is 1.22 bits per heavy atom. The molecule has 32 heavy (non-hydrogen) atoms. The minimum Gasteiger partial charge on any atom is -0.356 e. The Labute approximate surface area is 188 Å². The summed E-state index contributed by atoms with van der Waals surface area (Å²) in [5, 5.41) is 14.5. The number of carbonyl (C=O) groups excluding carboxylic acids is 1. The number of amides is 1. The maximum absolute atomic E-state index is 12.9. The minimum atomic E-state index is -0.0254. The molecule has 0 saturated carbocycles. The monoisotopic (exact) mass is 437 g/mol. The van der Waals surface area contributed by atoms with Crippen molar-refractivity contribution in [1.29, 1.82) is 0 Å². The molecule has 3 aromatic rings. The van der Waals surface area contributed by atoms with Crippen molar-refractivity contribution >= 4 is 11.9 Å². The highest BCUT2D eigenvalue weighted by Gasteiger charge is 2.29. The number of aromatic amines is 1. The van der Waals surface area contributed by atoms with Gasteiger partial charge in [-0.05, 0) is 45.6 Å². The van der Waals surface area contributed by atoms with Crippen LogP contribution in [0, 0.1) is 6.92 Å². The summed E-state index contributed by atoms with van der Waals surface area (Å²) in [5.74, 6) is 1.75. The second kappa shape index (κ2) is 9.10. The fraction of sp³-hybridized carbons (Fsp3) is 0.522. The second-order valence-electron chi connectivity index (χ2n) is 9.05. The summed E-state index contributed by atoms with van der Waals surface area (Å²) in [7, 11) is 0. The van der Waals surface area contributed by atoms with Crippen LogP contribution in [-0.2, 0) is 0 Å². The number of piperidine rings is 1. The Morgan fingerprint density at radius 3 is 2.56 bits per heavy atom. The molecule has 0 aliphatic carbocycles. The van der Waals surface area contributed by atoms with Gasteiger partial charge in [-0.25, -0.2) is 9.97 Å². The number of nitrogens with zero attached hydrogens (tertiary/aromatic N) is 5. The van der Waals surface area contributed by atoms with Crippen molar-refractivity contribution in [3.8, 4) is 11.3 Å². The second-order valence-corrected chi connectivity index (χ2v) is 9.05. The summed E-state index contributed by atoms with van der Waals surface area (Å²) in [5.41, 5.74) is 4.07. The number of rotatable bonds is 6. The first-order valence-corrected chi connectivity index (χ1v) is 11.2. The van der Waals surface area contributed by atoms with E-state index in [1.165, 1.54) is 0 Å². The molecule has 0 atom stereocenters. The predicted octanol–water partition coefficient (Wildman–Crippen LogP) is 4.13. The zero-order chi connectivity index (χ0) is 22.8. The van der Waals surface area contributed by atoms with Crippen LogP contribution in [0.1, 0.15) is 79.9 Å². The summed E-state index contributed by atoms with van der Waals surface area (Å²) in [6.07, 6.45) is 3.43. The molecule has 9 nitrogen and oxygen atoms in total. The smallest absolute Gasteiger partial charge is 0.274 e. The molecule has 0 spiro atoms. The van der Waals surface area contributed by atoms with Gasteiger partial charge in [0.2, 0.25) is 5.95 Å². The average Bonchev–Trinajstić information content (AvgIpc) is 3.42. The summed E-state index contributed by atoms with van der Waals surface area (Å²) in [4.78, 5) is 24.1. The van der Waals surface area contributed by atoms with E-state index in [-0.39, 0.29) is 17.9 Å². The van der Waals surface area contributed by atoms with E-state index >= 15 is 0 Å². The van der Waals surface area contributed by atoms with Crippen LogP contribution >= 0.6 is 0 Å². The van der Waals surface area contributed by atoms with Gasteiger partial charge in [0.1, 0.15) is 5.69 Å². The molecule has 4 heterocycles. The molecule has 3 aromatic heterocycles. The number of likely N-dealkylation sites (tertiary alicyclic amines) is 1. The van der Waals surface area contributed by atoms with Crippen molar-refractivity contribution in [2.45, 2.75) is 65.3 Å². The molecule has 2 N–H and O–H groups in total. The topological polar surface area (TPSA) is 113 Å². The Balaban J connectivity index is 1.53. The lowest BCUT2D eigenvalue weighted by atomic mass is 9.90. The van der Waals surface area contributed by atoms with E-state index in [2.05, 4.69) is 53.3 Å². The largest absolute Gasteiger partial charge is 0.356 e. The molecule has 1 aliphatic rings. The molecule has 0 bridgehead atoms. The summed E-state index contributed by atoms with van der Waals surface area (Å²) in [6, 6.07) is 3.99. The number of anilines is 1. The maximum atomic E-state index is 12.9. The highest BCUT2D eigenvalue weighted by Crippen LogP contribution is 2.35. The summed E-state index contributed by atoms with van der Waals surface area (Å²) >= 11 is 0. The lowest BCUT2D eigenvalue weighted by molar-refractivity contribution is 0.0706. The standard InChI is InChI=1S/C23H31N7O2/c1-13(2)18-11-19(28-27-18)22(31)30-8-6-16(7-9-30)21-17(20-10-15(5)29-32-20)12-24-23(26-21)25-14(3)4/h10-14,16H,6-9H2,1-5H3,(H,27,28)(H,24,25,26). The molecule has 0 unspecified atom stereocenters. The number of hydrogen-bond acceptors (Lipinski definition) is 7. The summed E-state index contributed by atoms with van der Waals surface area (Å²) in [6.45, 7) is 11.5. The van der Waals surface area contributed by atoms with Gasteiger partial charge in [0.25, 0.3) is 5.91 Å². The molecule has 170 valence electrons. The molecule has 1 amide bonds. The summed E-state index contributed by atoms with van der Waals surface area (Å²) < 4.78 is 5.51. The third-order valence-corrected chi connectivity index (χ3v) is 5.74. The van der Waals surface area contributed by atoms with E-state index in [9.17, 15) is 4.79 Å². The highest BCUT2D eigenvalue weighted by molar-refractivity contribution is 5.92. The number of hydrogen-bond donors (Lipinski definition) is 2. The first-order valence-electron chi connectivity index (χ1n) is 11.2. The van der Waals surface area contributed by atoms with E-state index < -0.39 is 0 Å². The van der Waals surface area contributed by atoms with Crippen LogP contribution in [0.2, 0.25) is 0 Å². The number of carbonyl (C=O) groups is 1. The SMILES string of the molecule is Cc1cc(-c2cnc(NC(C)C)nc2C2CCN(C(=O)c3cc(C(C)C)[nH]n3)CC2)on1. The van der Waals surface area contributed by atoms with Crippen molar-refractivity contribution in [3.63, 3.8) is 0 Å². The van der Waals surface area contributed by atoms with E-state index in [0.717, 1.165) is 35.5 Å². The fourth-order valence-electron chi connectivity index (χ4n) is 3.97. The van der Waals surface area contributed by atoms with Gasteiger partial charge in [-0.1, -0.05) is 19.0 Å². The molecular weight excluding hydrogens is 406 g/mol. The predicted molar refractivity (Wildman–Crippen MR) is 122 cm³/mol. The van der Waals surface area contributed by atoms with Gasteiger partial charge in [0.05, 0.1) is 17.0 Å². The highest BCUT2D eigenvalue weighted by atomic mass is 16.5. The van der Waals surface area contributed by atoms with Crippen LogP contribution in [0.15, 0.2) is 22.9 Å². The number of aryl methyl sites for hydroxylation is 1. The molecule has 1 aliphatic heterocycles. The third-order valence-electron chi connectivity index (χ3n) is 5.74. The normalized spacial score (nSPS) is 15.0. The molecule has 4 rings (SSSR count). The van der Waals surface area contributed by atoms with Crippen molar-refractivity contribution in [2.75, 3.05) is 18.4 Å². The molecule has 0 aromatic carbocycles. The van der Waals surface area contributed by atoms with Crippen LogP contribution in [0.3, 0.4) is 0 Å². The van der Waals surface area contributed by atoms with Gasteiger partial charge in [-0.15, -0.1) is 0 Å². The van der Waals surface area contributed by atoms with Gasteiger partial charge in [-0.2, -0.15) is 5.10 Å². The van der Waals surface area contributed by atoms with Gasteiger partial charge in [0, 0.05) is 43.0 Å². The van der Waals surface area contributed by atoms with Crippen molar-refractivity contribution in [1.82, 2.24) is 30.2 Å². The average molecular weight is 438 g/mol. The van der Waals surface area contributed by atoms with E-state index in [1.54, 1.807) is 0 Å². The molecule has 9 heteroatoms. The molecule has 1 saturated heterocycles. The Hall–Kier alpha value is -3.23. The number of H-pyrrole nitrogens is 1. The van der Waals surface area contributed by atoms with Crippen molar-refractivity contribution in [2.24, 2.45) is 0 Å². The fourth-order valence-corrected chi connectivity index (χ4v) is 3.97. The molecule has 0 radical (unpaired) electrons. The van der Waals surface area contributed by atoms with Crippen molar-refractivity contribution in [3.05, 3.63) is 41.1 Å². The maximum Gasteiger partial charge on any atom is 0.274 e. The lowest BCUT2D eigenvalue weighted by Gasteiger charge is -2.32. The zero-order valence-electron chi connectivity index (χ0n) is 19.3. The quantitative estimate of drug-likeness (QED) is 0.596. The minimum absolute atomic E-state index is 0.0254. The molecule has 1 fully saturated rings. The number of nitrogens with one attached hydrogen (secondary N) is 2. The number of aromatic nitrogens is 5. The van der Waals surface area contributed by atoms with Gasteiger partial charge >= 0.3 is 0 Å². The van der Waals surface area contributed by atoms with Gasteiger partial charge in [-0.3, -0.25) is 9.89 Å². The van der Waals surface area contributed by atoms with Crippen LogP contribution in [0.25, 0.3) is 11.3 Å². The van der Waals surface area contributed by atoms with Crippen LogP contribution in [-0.4, -0.2) is 55.3 Å². The van der Waals surface area contributed by atoms with Crippen LogP contribution in [0.4, 0.5) is 5.95 Å². The first-order chi connectivity index (χ1) is 15.3. The Bertz CT molecular complexity index is 1080.